The Bertz CT molecular complexity index is 894. The summed E-state index contributed by atoms with van der Waals surface area (Å²) in [6.45, 7) is 9.22. The lowest BCUT2D eigenvalue weighted by Gasteiger charge is -2.34. The van der Waals surface area contributed by atoms with Gasteiger partial charge in [0.25, 0.3) is 5.91 Å². The Morgan fingerprint density at radius 2 is 2.03 bits per heavy atom. The first-order chi connectivity index (χ1) is 14.2. The van der Waals surface area contributed by atoms with Gasteiger partial charge in [-0.05, 0) is 45.9 Å². The predicted octanol–water partition coefficient (Wildman–Crippen LogP) is 4.49. The third-order valence-electron chi connectivity index (χ3n) is 4.74. The number of thiazole rings is 1. The quantitative estimate of drug-likeness (QED) is 0.728. The van der Waals surface area contributed by atoms with Crippen LogP contribution in [-0.4, -0.2) is 58.1 Å². The number of halogens is 1. The van der Waals surface area contributed by atoms with E-state index in [2.05, 4.69) is 10.3 Å². The molecule has 1 aliphatic rings. The van der Waals surface area contributed by atoms with E-state index in [1.165, 1.54) is 11.3 Å². The number of anilines is 1. The number of urea groups is 1. The van der Waals surface area contributed by atoms with E-state index < -0.39 is 0 Å². The van der Waals surface area contributed by atoms with Crippen LogP contribution in [0.2, 0.25) is 5.02 Å². The largest absolute Gasteiger partial charge is 0.372 e. The monoisotopic (exact) mass is 450 g/mol. The minimum Gasteiger partial charge on any atom is -0.372 e. The Morgan fingerprint density at radius 3 is 2.67 bits per heavy atom. The number of hydrogen-bond donors (Lipinski definition) is 1. The van der Waals surface area contributed by atoms with Crippen molar-refractivity contribution < 1.29 is 14.3 Å². The molecule has 30 heavy (non-hydrogen) atoms. The second kappa shape index (κ2) is 9.76. The molecule has 3 rings (SSSR count). The number of amides is 3. The summed E-state index contributed by atoms with van der Waals surface area (Å²) in [4.78, 5) is 33.6. The Hall–Kier alpha value is -2.16. The van der Waals surface area contributed by atoms with Crippen LogP contribution in [0.25, 0.3) is 0 Å². The fraction of sp³-hybridized carbons (Fsp3) is 0.476. The lowest BCUT2D eigenvalue weighted by molar-refractivity contribution is -0.0587. The number of carbonyl (C=O) groups is 2. The van der Waals surface area contributed by atoms with Crippen LogP contribution in [0.15, 0.2) is 29.6 Å². The van der Waals surface area contributed by atoms with Gasteiger partial charge < -0.3 is 19.9 Å². The third kappa shape index (κ3) is 5.71. The maximum atomic E-state index is 12.8. The van der Waals surface area contributed by atoms with Crippen LogP contribution in [0.5, 0.6) is 0 Å². The van der Waals surface area contributed by atoms with Gasteiger partial charge in [0.2, 0.25) is 0 Å². The van der Waals surface area contributed by atoms with E-state index in [4.69, 9.17) is 16.3 Å². The molecule has 1 aromatic carbocycles. The van der Waals surface area contributed by atoms with Gasteiger partial charge >= 0.3 is 6.03 Å². The molecule has 1 N–H and O–H groups in total. The van der Waals surface area contributed by atoms with E-state index in [-0.39, 0.29) is 30.2 Å². The first kappa shape index (κ1) is 22.5. The molecule has 2 unspecified atom stereocenters. The van der Waals surface area contributed by atoms with Crippen LogP contribution in [0, 0.1) is 0 Å². The molecule has 1 fully saturated rings. The first-order valence-electron chi connectivity index (χ1n) is 9.95. The summed E-state index contributed by atoms with van der Waals surface area (Å²) in [5.74, 6) is -0.0982. The van der Waals surface area contributed by atoms with Crippen LogP contribution in [0.1, 0.15) is 43.2 Å². The molecule has 0 bridgehead atoms. The highest BCUT2D eigenvalue weighted by molar-refractivity contribution is 7.09. The molecular formula is C21H27ClN4O3S. The SMILES string of the molecule is CC1CN(C(=O)c2csc(CN(C(=O)Nc3cccc(Cl)c3)C(C)C)n2)CC(C)O1. The fourth-order valence-electron chi connectivity index (χ4n) is 3.38. The van der Waals surface area contributed by atoms with E-state index in [0.717, 1.165) is 0 Å². The minimum absolute atomic E-state index is 0.00224. The van der Waals surface area contributed by atoms with Gasteiger partial charge in [0.05, 0.1) is 18.8 Å². The lowest BCUT2D eigenvalue weighted by atomic mass is 10.2. The number of benzene rings is 1. The summed E-state index contributed by atoms with van der Waals surface area (Å²) in [7, 11) is 0. The van der Waals surface area contributed by atoms with Crippen molar-refractivity contribution in [2.45, 2.75) is 52.5 Å². The maximum Gasteiger partial charge on any atom is 0.322 e. The normalized spacial score (nSPS) is 19.1. The number of aromatic nitrogens is 1. The summed E-state index contributed by atoms with van der Waals surface area (Å²) in [6.07, 6.45) is 0.00449. The molecule has 1 saturated heterocycles. The average Bonchev–Trinajstić information content (AvgIpc) is 3.13. The van der Waals surface area contributed by atoms with Gasteiger partial charge in [-0.3, -0.25) is 4.79 Å². The van der Waals surface area contributed by atoms with E-state index in [1.54, 1.807) is 39.4 Å². The van der Waals surface area contributed by atoms with Crippen LogP contribution >= 0.6 is 22.9 Å². The molecule has 2 atom stereocenters. The van der Waals surface area contributed by atoms with Gasteiger partial charge in [0, 0.05) is 35.2 Å². The van der Waals surface area contributed by atoms with Crippen molar-refractivity contribution in [3.63, 3.8) is 0 Å². The lowest BCUT2D eigenvalue weighted by Crippen LogP contribution is -2.48. The van der Waals surface area contributed by atoms with Crippen molar-refractivity contribution in [3.8, 4) is 0 Å². The van der Waals surface area contributed by atoms with Crippen molar-refractivity contribution >= 4 is 40.6 Å². The molecule has 7 nitrogen and oxygen atoms in total. The van der Waals surface area contributed by atoms with Crippen LogP contribution in [0.4, 0.5) is 10.5 Å². The molecule has 2 heterocycles. The van der Waals surface area contributed by atoms with Crippen LogP contribution in [-0.2, 0) is 11.3 Å². The minimum atomic E-state index is -0.244. The number of nitrogens with zero attached hydrogens (tertiary/aromatic N) is 3. The van der Waals surface area contributed by atoms with Crippen LogP contribution in [0.3, 0.4) is 0 Å². The zero-order valence-corrected chi connectivity index (χ0v) is 19.2. The number of carbonyl (C=O) groups excluding carboxylic acids is 2. The highest BCUT2D eigenvalue weighted by Gasteiger charge is 2.28. The summed E-state index contributed by atoms with van der Waals surface area (Å²) < 4.78 is 5.70. The molecule has 3 amide bonds. The number of hydrogen-bond acceptors (Lipinski definition) is 5. The predicted molar refractivity (Wildman–Crippen MR) is 119 cm³/mol. The van der Waals surface area contributed by atoms with Crippen molar-refractivity contribution in [2.24, 2.45) is 0 Å². The van der Waals surface area contributed by atoms with E-state index in [1.807, 2.05) is 27.7 Å². The zero-order chi connectivity index (χ0) is 21.8. The molecule has 9 heteroatoms. The highest BCUT2D eigenvalue weighted by Crippen LogP contribution is 2.20. The topological polar surface area (TPSA) is 74.8 Å². The first-order valence-corrected chi connectivity index (χ1v) is 11.2. The van der Waals surface area contributed by atoms with Gasteiger partial charge in [-0.25, -0.2) is 9.78 Å². The van der Waals surface area contributed by atoms with Gasteiger partial charge in [0.15, 0.2) is 0 Å². The molecule has 0 saturated carbocycles. The third-order valence-corrected chi connectivity index (χ3v) is 5.81. The number of rotatable bonds is 5. The Labute approximate surface area is 186 Å². The fourth-order valence-corrected chi connectivity index (χ4v) is 4.34. The Balaban J connectivity index is 1.67. The summed E-state index contributed by atoms with van der Waals surface area (Å²) in [5.41, 5.74) is 1.04. The number of nitrogens with one attached hydrogen (secondary N) is 1. The van der Waals surface area contributed by atoms with Crippen molar-refractivity contribution in [1.29, 1.82) is 0 Å². The van der Waals surface area contributed by atoms with Crippen molar-refractivity contribution in [2.75, 3.05) is 18.4 Å². The van der Waals surface area contributed by atoms with E-state index in [9.17, 15) is 9.59 Å². The number of ether oxygens (including phenoxy) is 1. The second-order valence-corrected chi connectivity index (χ2v) is 9.14. The van der Waals surface area contributed by atoms with E-state index in [0.29, 0.717) is 41.0 Å². The van der Waals surface area contributed by atoms with Crippen molar-refractivity contribution in [3.05, 3.63) is 45.4 Å². The summed E-state index contributed by atoms with van der Waals surface area (Å²) in [6, 6.07) is 6.72. The van der Waals surface area contributed by atoms with E-state index >= 15 is 0 Å². The van der Waals surface area contributed by atoms with Crippen LogP contribution < -0.4 is 5.32 Å². The molecule has 1 aliphatic heterocycles. The average molecular weight is 451 g/mol. The smallest absolute Gasteiger partial charge is 0.322 e. The van der Waals surface area contributed by atoms with Gasteiger partial charge in [0.1, 0.15) is 10.7 Å². The van der Waals surface area contributed by atoms with Gasteiger partial charge in [-0.1, -0.05) is 17.7 Å². The molecule has 0 aliphatic carbocycles. The zero-order valence-electron chi connectivity index (χ0n) is 17.6. The molecule has 0 radical (unpaired) electrons. The molecule has 0 spiro atoms. The highest BCUT2D eigenvalue weighted by atomic mass is 35.5. The van der Waals surface area contributed by atoms with Gasteiger partial charge in [-0.15, -0.1) is 11.3 Å². The number of morpholine rings is 1. The van der Waals surface area contributed by atoms with Gasteiger partial charge in [-0.2, -0.15) is 0 Å². The maximum absolute atomic E-state index is 12.8. The summed E-state index contributed by atoms with van der Waals surface area (Å²) >= 11 is 7.38. The van der Waals surface area contributed by atoms with Crippen molar-refractivity contribution in [1.82, 2.24) is 14.8 Å². The molecular weight excluding hydrogens is 424 g/mol. The molecule has 162 valence electrons. The Morgan fingerprint density at radius 1 is 1.33 bits per heavy atom. The second-order valence-electron chi connectivity index (χ2n) is 7.76. The molecule has 2 aromatic rings. The summed E-state index contributed by atoms with van der Waals surface area (Å²) in [5, 5.41) is 5.89. The standard InChI is InChI=1S/C21H27ClN4O3S/c1-13(2)26(21(28)23-17-7-5-6-16(22)8-17)11-19-24-18(12-30-19)20(27)25-9-14(3)29-15(4)10-25/h5-8,12-15H,9-11H2,1-4H3,(H,23,28). The Kier molecular flexibility index (Phi) is 7.33. The molecule has 1 aromatic heterocycles.